The summed E-state index contributed by atoms with van der Waals surface area (Å²) >= 11 is 7.23. The lowest BCUT2D eigenvalue weighted by Crippen LogP contribution is -2.39. The average Bonchev–Trinajstić information content (AvgIpc) is 2.61. The molecule has 0 fully saturated rings. The maximum absolute atomic E-state index is 11.4. The minimum atomic E-state index is -0.398. The van der Waals surface area contributed by atoms with E-state index in [9.17, 15) is 4.79 Å². The molecule has 1 amide bonds. The number of hydrogen-bond acceptors (Lipinski definition) is 3. The first-order valence-electron chi connectivity index (χ1n) is 4.91. The Bertz CT molecular complexity index is 327. The van der Waals surface area contributed by atoms with Gasteiger partial charge >= 0.3 is 0 Å². The fourth-order valence-corrected chi connectivity index (χ4v) is 2.22. The van der Waals surface area contributed by atoms with Crippen LogP contribution in [0.4, 0.5) is 0 Å². The van der Waals surface area contributed by atoms with Crippen molar-refractivity contribution in [1.29, 1.82) is 0 Å². The Morgan fingerprint density at radius 1 is 1.67 bits per heavy atom. The molecular formula is C10H15ClN2OS. The van der Waals surface area contributed by atoms with Crippen LogP contribution in [0, 0.1) is 0 Å². The number of carbonyl (C=O) groups is 1. The molecule has 1 aromatic heterocycles. The number of thiophene rings is 1. The van der Waals surface area contributed by atoms with E-state index in [1.54, 1.807) is 0 Å². The van der Waals surface area contributed by atoms with E-state index in [0.717, 1.165) is 22.1 Å². The third-order valence-electron chi connectivity index (χ3n) is 2.00. The second-order valence-electron chi connectivity index (χ2n) is 3.32. The van der Waals surface area contributed by atoms with Gasteiger partial charge in [-0.3, -0.25) is 4.79 Å². The van der Waals surface area contributed by atoms with Crippen molar-refractivity contribution in [2.24, 2.45) is 5.73 Å². The first kappa shape index (κ1) is 12.5. The van der Waals surface area contributed by atoms with Crippen LogP contribution < -0.4 is 11.1 Å². The van der Waals surface area contributed by atoms with Gasteiger partial charge < -0.3 is 11.1 Å². The first-order valence-corrected chi connectivity index (χ1v) is 6.10. The maximum atomic E-state index is 11.4. The molecule has 0 spiro atoms. The SMILES string of the molecule is CCC[C@H](N)C(=O)NCc1ccc(Cl)s1. The zero-order chi connectivity index (χ0) is 11.3. The van der Waals surface area contributed by atoms with Crippen LogP contribution in [0.3, 0.4) is 0 Å². The minimum Gasteiger partial charge on any atom is -0.350 e. The van der Waals surface area contributed by atoms with Gasteiger partial charge in [0.2, 0.25) is 5.91 Å². The summed E-state index contributed by atoms with van der Waals surface area (Å²) in [6, 6.07) is 3.32. The van der Waals surface area contributed by atoms with Crippen molar-refractivity contribution in [3.05, 3.63) is 21.3 Å². The lowest BCUT2D eigenvalue weighted by Gasteiger charge is -2.09. The number of rotatable bonds is 5. The Balaban J connectivity index is 2.34. The van der Waals surface area contributed by atoms with Crippen LogP contribution in [-0.2, 0) is 11.3 Å². The van der Waals surface area contributed by atoms with E-state index < -0.39 is 6.04 Å². The highest BCUT2D eigenvalue weighted by atomic mass is 35.5. The molecule has 1 aromatic rings. The van der Waals surface area contributed by atoms with Gasteiger partial charge in [-0.2, -0.15) is 0 Å². The van der Waals surface area contributed by atoms with Crippen molar-refractivity contribution in [2.75, 3.05) is 0 Å². The normalized spacial score (nSPS) is 12.5. The molecule has 1 atom stereocenters. The highest BCUT2D eigenvalue weighted by Crippen LogP contribution is 2.20. The summed E-state index contributed by atoms with van der Waals surface area (Å²) in [7, 11) is 0. The van der Waals surface area contributed by atoms with Gasteiger partial charge in [-0.15, -0.1) is 11.3 Å². The predicted molar refractivity (Wildman–Crippen MR) is 64.1 cm³/mol. The minimum absolute atomic E-state index is 0.0960. The second kappa shape index (κ2) is 6.10. The number of halogens is 1. The van der Waals surface area contributed by atoms with E-state index in [-0.39, 0.29) is 5.91 Å². The van der Waals surface area contributed by atoms with E-state index in [1.165, 1.54) is 11.3 Å². The number of hydrogen-bond donors (Lipinski definition) is 2. The average molecular weight is 247 g/mol. The summed E-state index contributed by atoms with van der Waals surface area (Å²) < 4.78 is 0.733. The molecule has 1 heterocycles. The van der Waals surface area contributed by atoms with Crippen LogP contribution in [0.1, 0.15) is 24.6 Å². The smallest absolute Gasteiger partial charge is 0.237 e. The highest BCUT2D eigenvalue weighted by Gasteiger charge is 2.11. The molecule has 84 valence electrons. The Labute approximate surface area is 98.6 Å². The zero-order valence-corrected chi connectivity index (χ0v) is 10.2. The molecule has 5 heteroatoms. The van der Waals surface area contributed by atoms with E-state index >= 15 is 0 Å². The molecule has 0 saturated heterocycles. The van der Waals surface area contributed by atoms with Crippen LogP contribution >= 0.6 is 22.9 Å². The van der Waals surface area contributed by atoms with Gasteiger partial charge in [-0.1, -0.05) is 24.9 Å². The van der Waals surface area contributed by atoms with Crippen molar-refractivity contribution in [3.63, 3.8) is 0 Å². The fourth-order valence-electron chi connectivity index (χ4n) is 1.19. The summed E-state index contributed by atoms with van der Waals surface area (Å²) in [5, 5.41) is 2.78. The molecule has 0 aromatic carbocycles. The number of carbonyl (C=O) groups excluding carboxylic acids is 1. The maximum Gasteiger partial charge on any atom is 0.237 e. The summed E-state index contributed by atoms with van der Waals surface area (Å²) in [6.07, 6.45) is 1.64. The summed E-state index contributed by atoms with van der Waals surface area (Å²) in [5.41, 5.74) is 5.66. The summed E-state index contributed by atoms with van der Waals surface area (Å²) in [5.74, 6) is -0.0960. The third-order valence-corrected chi connectivity index (χ3v) is 3.23. The van der Waals surface area contributed by atoms with Crippen LogP contribution in [0.5, 0.6) is 0 Å². The van der Waals surface area contributed by atoms with Gasteiger partial charge in [0.1, 0.15) is 0 Å². The van der Waals surface area contributed by atoms with E-state index in [1.807, 2.05) is 19.1 Å². The van der Waals surface area contributed by atoms with Crippen molar-refractivity contribution in [3.8, 4) is 0 Å². The molecule has 0 saturated carbocycles. The predicted octanol–water partition coefficient (Wildman–Crippen LogP) is 2.15. The van der Waals surface area contributed by atoms with Gasteiger partial charge in [-0.25, -0.2) is 0 Å². The van der Waals surface area contributed by atoms with Gasteiger partial charge in [0.05, 0.1) is 16.9 Å². The van der Waals surface area contributed by atoms with Gasteiger partial charge in [0.25, 0.3) is 0 Å². The van der Waals surface area contributed by atoms with Crippen LogP contribution in [0.2, 0.25) is 4.34 Å². The molecule has 3 N–H and O–H groups in total. The molecule has 0 bridgehead atoms. The van der Waals surface area contributed by atoms with E-state index in [0.29, 0.717) is 6.54 Å². The lowest BCUT2D eigenvalue weighted by molar-refractivity contribution is -0.122. The molecule has 0 aliphatic carbocycles. The first-order chi connectivity index (χ1) is 7.13. The topological polar surface area (TPSA) is 55.1 Å². The third kappa shape index (κ3) is 4.20. The van der Waals surface area contributed by atoms with Crippen molar-refractivity contribution in [1.82, 2.24) is 5.32 Å². The largest absolute Gasteiger partial charge is 0.350 e. The quantitative estimate of drug-likeness (QED) is 0.837. The summed E-state index contributed by atoms with van der Waals surface area (Å²) in [6.45, 7) is 2.51. The van der Waals surface area contributed by atoms with Gasteiger partial charge in [-0.05, 0) is 18.6 Å². The number of nitrogens with one attached hydrogen (secondary N) is 1. The monoisotopic (exact) mass is 246 g/mol. The standard InChI is InChI=1S/C10H15ClN2OS/c1-2-3-8(12)10(14)13-6-7-4-5-9(11)15-7/h4-5,8H,2-3,6,12H2,1H3,(H,13,14)/t8-/m0/s1. The van der Waals surface area contributed by atoms with Crippen molar-refractivity contribution >= 4 is 28.8 Å². The molecule has 0 aliphatic heterocycles. The molecule has 1 rings (SSSR count). The van der Waals surface area contributed by atoms with Crippen molar-refractivity contribution < 1.29 is 4.79 Å². The zero-order valence-electron chi connectivity index (χ0n) is 8.63. The number of nitrogens with two attached hydrogens (primary N) is 1. The van der Waals surface area contributed by atoms with E-state index in [2.05, 4.69) is 5.32 Å². The van der Waals surface area contributed by atoms with Crippen LogP contribution in [-0.4, -0.2) is 11.9 Å². The molecule has 3 nitrogen and oxygen atoms in total. The fraction of sp³-hybridized carbons (Fsp3) is 0.500. The molecule has 15 heavy (non-hydrogen) atoms. The Kier molecular flexibility index (Phi) is 5.08. The van der Waals surface area contributed by atoms with Crippen molar-refractivity contribution in [2.45, 2.75) is 32.4 Å². The Morgan fingerprint density at radius 2 is 2.40 bits per heavy atom. The Morgan fingerprint density at radius 3 is 2.93 bits per heavy atom. The molecule has 0 aliphatic rings. The van der Waals surface area contributed by atoms with Crippen LogP contribution in [0.25, 0.3) is 0 Å². The molecule has 0 unspecified atom stereocenters. The molecule has 0 radical (unpaired) electrons. The lowest BCUT2D eigenvalue weighted by atomic mass is 10.2. The van der Waals surface area contributed by atoms with Gasteiger partial charge in [0, 0.05) is 4.88 Å². The number of amides is 1. The van der Waals surface area contributed by atoms with Crippen LogP contribution in [0.15, 0.2) is 12.1 Å². The summed E-state index contributed by atoms with van der Waals surface area (Å²) in [4.78, 5) is 12.5. The highest BCUT2D eigenvalue weighted by molar-refractivity contribution is 7.16. The second-order valence-corrected chi connectivity index (χ2v) is 5.12. The Hall–Kier alpha value is -0.580. The molecular weight excluding hydrogens is 232 g/mol. The van der Waals surface area contributed by atoms with E-state index in [4.69, 9.17) is 17.3 Å². The van der Waals surface area contributed by atoms with Gasteiger partial charge in [0.15, 0.2) is 0 Å².